The Morgan fingerprint density at radius 3 is 2.62 bits per heavy atom. The van der Waals surface area contributed by atoms with Gasteiger partial charge in [-0.15, -0.1) is 11.3 Å². The molecule has 5 heteroatoms. The molecule has 0 atom stereocenters. The number of aromatic nitrogens is 2. The zero-order chi connectivity index (χ0) is 20.0. The molecule has 5 rings (SSSR count). The van der Waals surface area contributed by atoms with Crippen LogP contribution in [0.5, 0.6) is 0 Å². The second kappa shape index (κ2) is 7.25. The van der Waals surface area contributed by atoms with Crippen LogP contribution in [0.2, 0.25) is 0 Å². The smallest absolute Gasteiger partial charge is 0.260 e. The second-order valence-corrected chi connectivity index (χ2v) is 9.02. The Balaban J connectivity index is 1.48. The van der Waals surface area contributed by atoms with E-state index in [2.05, 4.69) is 72.3 Å². The van der Waals surface area contributed by atoms with Crippen molar-refractivity contribution in [2.45, 2.75) is 33.4 Å². The molecule has 0 bridgehead atoms. The third-order valence-electron chi connectivity index (χ3n) is 5.71. The van der Waals surface area contributed by atoms with E-state index in [1.165, 1.54) is 16.7 Å². The Morgan fingerprint density at radius 2 is 1.83 bits per heavy atom. The number of benzene rings is 2. The molecule has 1 N–H and O–H groups in total. The first-order valence-electron chi connectivity index (χ1n) is 9.97. The summed E-state index contributed by atoms with van der Waals surface area (Å²) in [6.07, 6.45) is 1.04. The fourth-order valence-electron chi connectivity index (χ4n) is 4.21. The predicted octanol–water partition coefficient (Wildman–Crippen LogP) is 4.83. The van der Waals surface area contributed by atoms with Gasteiger partial charge in [-0.25, -0.2) is 4.98 Å². The Bertz CT molecular complexity index is 1250. The van der Waals surface area contributed by atoms with Crippen LogP contribution in [0.15, 0.2) is 53.3 Å². The Kier molecular flexibility index (Phi) is 4.57. The van der Waals surface area contributed by atoms with Crippen LogP contribution < -0.4 is 5.56 Å². The van der Waals surface area contributed by atoms with E-state index >= 15 is 0 Å². The lowest BCUT2D eigenvalue weighted by molar-refractivity contribution is 0.239. The number of rotatable bonds is 3. The summed E-state index contributed by atoms with van der Waals surface area (Å²) < 4.78 is 0. The summed E-state index contributed by atoms with van der Waals surface area (Å²) in [4.78, 5) is 25.2. The average molecular weight is 402 g/mol. The largest absolute Gasteiger partial charge is 0.309 e. The summed E-state index contributed by atoms with van der Waals surface area (Å²) in [6.45, 7) is 6.69. The van der Waals surface area contributed by atoms with E-state index in [0.717, 1.165) is 46.2 Å². The number of thiophene rings is 1. The molecule has 0 unspecified atom stereocenters. The van der Waals surface area contributed by atoms with Crippen LogP contribution in [-0.4, -0.2) is 21.4 Å². The number of hydrogen-bond acceptors (Lipinski definition) is 4. The van der Waals surface area contributed by atoms with E-state index in [4.69, 9.17) is 4.98 Å². The molecule has 0 amide bonds. The minimum atomic E-state index is -0.0395. The number of H-pyrrole nitrogens is 1. The predicted molar refractivity (Wildman–Crippen MR) is 119 cm³/mol. The van der Waals surface area contributed by atoms with E-state index in [-0.39, 0.29) is 5.56 Å². The van der Waals surface area contributed by atoms with Gasteiger partial charge in [-0.3, -0.25) is 9.69 Å². The third-order valence-corrected chi connectivity index (χ3v) is 6.71. The van der Waals surface area contributed by atoms with Crippen LogP contribution in [0.1, 0.15) is 27.4 Å². The molecule has 4 aromatic rings. The molecule has 0 saturated carbocycles. The van der Waals surface area contributed by atoms with E-state index in [9.17, 15) is 4.79 Å². The quantitative estimate of drug-likeness (QED) is 0.535. The Hall–Kier alpha value is -2.76. The van der Waals surface area contributed by atoms with Crippen LogP contribution in [0.3, 0.4) is 0 Å². The first kappa shape index (κ1) is 18.3. The van der Waals surface area contributed by atoms with Gasteiger partial charge >= 0.3 is 0 Å². The van der Waals surface area contributed by atoms with Gasteiger partial charge in [0.15, 0.2) is 0 Å². The number of aromatic amines is 1. The van der Waals surface area contributed by atoms with Crippen LogP contribution in [0, 0.1) is 13.8 Å². The van der Waals surface area contributed by atoms with Gasteiger partial charge < -0.3 is 4.98 Å². The molecule has 4 nitrogen and oxygen atoms in total. The molecule has 0 spiro atoms. The summed E-state index contributed by atoms with van der Waals surface area (Å²) in [5.74, 6) is 0.749. The lowest BCUT2D eigenvalue weighted by Gasteiger charge is -2.28. The number of aryl methyl sites for hydroxylation is 2. The number of fused-ring (bicyclic) bond motifs is 2. The van der Waals surface area contributed by atoms with Crippen LogP contribution in [0.4, 0.5) is 0 Å². The highest BCUT2D eigenvalue weighted by Gasteiger charge is 2.19. The Morgan fingerprint density at radius 1 is 1.07 bits per heavy atom. The maximum atomic E-state index is 13.0. The zero-order valence-electron chi connectivity index (χ0n) is 16.7. The van der Waals surface area contributed by atoms with Crippen LogP contribution >= 0.6 is 11.3 Å². The molecule has 0 fully saturated rings. The molecule has 29 heavy (non-hydrogen) atoms. The molecule has 0 radical (unpaired) electrons. The lowest BCUT2D eigenvalue weighted by atomic mass is 10.00. The van der Waals surface area contributed by atoms with E-state index in [1.807, 2.05) is 0 Å². The summed E-state index contributed by atoms with van der Waals surface area (Å²) >= 11 is 1.61. The lowest BCUT2D eigenvalue weighted by Crippen LogP contribution is -2.31. The molecule has 1 aliphatic heterocycles. The van der Waals surface area contributed by atoms with Crippen molar-refractivity contribution in [3.63, 3.8) is 0 Å². The first-order chi connectivity index (χ1) is 14.1. The molecule has 3 heterocycles. The van der Waals surface area contributed by atoms with Crippen molar-refractivity contribution in [2.75, 3.05) is 6.54 Å². The normalized spacial score (nSPS) is 14.3. The SMILES string of the molecule is Cc1ccc(-c2c(C)sc3nc(CN4CCc5ccccc5C4)[nH]c(=O)c23)cc1. The van der Waals surface area contributed by atoms with Crippen LogP contribution in [0.25, 0.3) is 21.3 Å². The highest BCUT2D eigenvalue weighted by atomic mass is 32.1. The standard InChI is InChI=1S/C24H23N3OS/c1-15-7-9-18(10-8-15)21-16(2)29-24-22(21)23(28)25-20(26-24)14-27-12-11-17-5-3-4-6-19(17)13-27/h3-10H,11-14H2,1-2H3,(H,25,26,28). The molecule has 2 aromatic heterocycles. The number of nitrogens with one attached hydrogen (secondary N) is 1. The molecule has 0 aliphatic carbocycles. The van der Waals surface area contributed by atoms with E-state index < -0.39 is 0 Å². The molecule has 0 saturated heterocycles. The molecule has 146 valence electrons. The summed E-state index contributed by atoms with van der Waals surface area (Å²) in [5.41, 5.74) is 6.06. The van der Waals surface area contributed by atoms with Gasteiger partial charge in [0.1, 0.15) is 10.7 Å². The van der Waals surface area contributed by atoms with Crippen molar-refractivity contribution in [1.82, 2.24) is 14.9 Å². The summed E-state index contributed by atoms with van der Waals surface area (Å²) in [5, 5.41) is 0.712. The molecule has 1 aliphatic rings. The molecular weight excluding hydrogens is 378 g/mol. The van der Waals surface area contributed by atoms with Gasteiger partial charge in [0, 0.05) is 23.5 Å². The van der Waals surface area contributed by atoms with Gasteiger partial charge in [0.05, 0.1) is 11.9 Å². The summed E-state index contributed by atoms with van der Waals surface area (Å²) in [7, 11) is 0. The fourth-order valence-corrected chi connectivity index (χ4v) is 5.27. The Labute approximate surface area is 173 Å². The van der Waals surface area contributed by atoms with Gasteiger partial charge in [0.25, 0.3) is 5.56 Å². The highest BCUT2D eigenvalue weighted by molar-refractivity contribution is 7.19. The van der Waals surface area contributed by atoms with Gasteiger partial charge in [0.2, 0.25) is 0 Å². The van der Waals surface area contributed by atoms with Gasteiger partial charge in [-0.05, 0) is 37.0 Å². The number of hydrogen-bond donors (Lipinski definition) is 1. The molecule has 2 aromatic carbocycles. The monoisotopic (exact) mass is 401 g/mol. The topological polar surface area (TPSA) is 49.0 Å². The molecular formula is C24H23N3OS. The number of nitrogens with zero attached hydrogens (tertiary/aromatic N) is 2. The average Bonchev–Trinajstić information content (AvgIpc) is 3.05. The van der Waals surface area contributed by atoms with Gasteiger partial charge in [-0.1, -0.05) is 54.1 Å². The first-order valence-corrected chi connectivity index (χ1v) is 10.8. The van der Waals surface area contributed by atoms with E-state index in [0.29, 0.717) is 11.9 Å². The fraction of sp³-hybridized carbons (Fsp3) is 0.250. The van der Waals surface area contributed by atoms with Crippen molar-refractivity contribution >= 4 is 21.6 Å². The minimum absolute atomic E-state index is 0.0395. The van der Waals surface area contributed by atoms with Crippen molar-refractivity contribution in [2.24, 2.45) is 0 Å². The maximum Gasteiger partial charge on any atom is 0.260 e. The van der Waals surface area contributed by atoms with E-state index in [1.54, 1.807) is 11.3 Å². The minimum Gasteiger partial charge on any atom is -0.309 e. The third kappa shape index (κ3) is 3.41. The van der Waals surface area contributed by atoms with Crippen LogP contribution in [-0.2, 0) is 19.5 Å². The van der Waals surface area contributed by atoms with Crippen molar-refractivity contribution < 1.29 is 0 Å². The zero-order valence-corrected chi connectivity index (χ0v) is 17.5. The maximum absolute atomic E-state index is 13.0. The van der Waals surface area contributed by atoms with Crippen molar-refractivity contribution in [3.05, 3.63) is 86.3 Å². The second-order valence-electron chi connectivity index (χ2n) is 7.82. The highest BCUT2D eigenvalue weighted by Crippen LogP contribution is 2.35. The van der Waals surface area contributed by atoms with Crippen molar-refractivity contribution in [3.8, 4) is 11.1 Å². The van der Waals surface area contributed by atoms with Gasteiger partial charge in [-0.2, -0.15) is 0 Å². The summed E-state index contributed by atoms with van der Waals surface area (Å²) in [6, 6.07) is 16.9. The van der Waals surface area contributed by atoms with Crippen molar-refractivity contribution in [1.29, 1.82) is 0 Å².